The molecule has 6 heavy (non-hydrogen) atoms. The van der Waals surface area contributed by atoms with Crippen molar-refractivity contribution in [2.75, 3.05) is 0 Å². The fourth-order valence-corrected chi connectivity index (χ4v) is 0.866. The second kappa shape index (κ2) is 3.37. The van der Waals surface area contributed by atoms with Crippen molar-refractivity contribution < 1.29 is 0 Å². The molecule has 0 unspecified atom stereocenters. The van der Waals surface area contributed by atoms with Crippen molar-refractivity contribution in [2.24, 2.45) is 5.40 Å². The van der Waals surface area contributed by atoms with Gasteiger partial charge >= 0.3 is 0 Å². The molecule has 0 bridgehead atoms. The average Bonchev–Trinajstić information content (AvgIpc) is 1.65. The van der Waals surface area contributed by atoms with Crippen LogP contribution in [0.25, 0.3) is 0 Å². The molecular formula is C4H13NSi. The summed E-state index contributed by atoms with van der Waals surface area (Å²) in [5.74, 6) is 0. The lowest BCUT2D eigenvalue weighted by Gasteiger charge is -1.96. The fourth-order valence-electron chi connectivity index (χ4n) is 0.289. The monoisotopic (exact) mass is 103 g/mol. The molecule has 0 aromatic rings. The lowest BCUT2D eigenvalue weighted by atomic mass is 10.9. The van der Waals surface area contributed by atoms with Gasteiger partial charge in [-0.05, 0) is 0 Å². The van der Waals surface area contributed by atoms with E-state index in [9.17, 15) is 0 Å². The molecular weight excluding hydrogens is 90.1 g/mol. The Labute approximate surface area is 41.2 Å². The van der Waals surface area contributed by atoms with E-state index in [2.05, 4.69) is 13.8 Å². The molecule has 0 aliphatic heterocycles. The Kier molecular flexibility index (Phi) is 3.47. The highest BCUT2D eigenvalue weighted by molar-refractivity contribution is 6.54. The molecule has 0 aliphatic carbocycles. The molecule has 0 aliphatic rings. The molecule has 0 fully saturated rings. The largest absolute Gasteiger partial charge is 0.353 e. The topological polar surface area (TPSA) is 26.0 Å². The first-order chi connectivity index (χ1) is 2.81. The molecule has 0 amide bonds. The SMILES string of the molecule is CC[SiH](N)CC. The predicted molar refractivity (Wildman–Crippen MR) is 32.3 cm³/mol. The van der Waals surface area contributed by atoms with E-state index in [-0.39, 0.29) is 0 Å². The molecule has 0 radical (unpaired) electrons. The van der Waals surface area contributed by atoms with Crippen molar-refractivity contribution in [3.05, 3.63) is 0 Å². The summed E-state index contributed by atoms with van der Waals surface area (Å²) in [6.07, 6.45) is 0. The molecule has 2 N–H and O–H groups in total. The van der Waals surface area contributed by atoms with Crippen molar-refractivity contribution in [2.45, 2.75) is 25.9 Å². The van der Waals surface area contributed by atoms with Crippen molar-refractivity contribution in [1.82, 2.24) is 0 Å². The minimum atomic E-state index is -0.660. The Bertz CT molecular complexity index is 26.7. The summed E-state index contributed by atoms with van der Waals surface area (Å²) in [6.45, 7) is 4.33. The zero-order valence-electron chi connectivity index (χ0n) is 4.57. The molecule has 0 aromatic carbocycles. The van der Waals surface area contributed by atoms with Gasteiger partial charge in [-0.2, -0.15) is 0 Å². The molecule has 0 aromatic heterocycles. The van der Waals surface area contributed by atoms with Gasteiger partial charge < -0.3 is 5.40 Å². The van der Waals surface area contributed by atoms with Crippen LogP contribution in [-0.2, 0) is 0 Å². The lowest BCUT2D eigenvalue weighted by molar-refractivity contribution is 1.29. The summed E-state index contributed by atoms with van der Waals surface area (Å²) in [7, 11) is -0.660. The van der Waals surface area contributed by atoms with E-state index in [4.69, 9.17) is 5.40 Å². The van der Waals surface area contributed by atoms with Crippen LogP contribution < -0.4 is 5.40 Å². The fraction of sp³-hybridized carbons (Fsp3) is 1.00. The van der Waals surface area contributed by atoms with Gasteiger partial charge in [-0.3, -0.25) is 0 Å². The van der Waals surface area contributed by atoms with Gasteiger partial charge in [0.25, 0.3) is 0 Å². The summed E-state index contributed by atoms with van der Waals surface area (Å²) < 4.78 is 0. The third kappa shape index (κ3) is 2.42. The third-order valence-corrected chi connectivity index (χ3v) is 3.15. The van der Waals surface area contributed by atoms with Gasteiger partial charge in [0, 0.05) is 0 Å². The van der Waals surface area contributed by atoms with Crippen molar-refractivity contribution >= 4 is 8.96 Å². The first-order valence-corrected chi connectivity index (χ1v) is 4.86. The van der Waals surface area contributed by atoms with Crippen LogP contribution in [0.3, 0.4) is 0 Å². The number of hydrogen-bond acceptors (Lipinski definition) is 1. The van der Waals surface area contributed by atoms with Crippen LogP contribution in [0, 0.1) is 0 Å². The summed E-state index contributed by atoms with van der Waals surface area (Å²) in [5.41, 5.74) is 0. The molecule has 0 spiro atoms. The zero-order chi connectivity index (χ0) is 4.99. The van der Waals surface area contributed by atoms with Gasteiger partial charge in [-0.15, -0.1) is 0 Å². The van der Waals surface area contributed by atoms with Crippen LogP contribution in [0.2, 0.25) is 12.1 Å². The molecule has 0 atom stereocenters. The second-order valence-electron chi connectivity index (χ2n) is 1.58. The van der Waals surface area contributed by atoms with Crippen LogP contribution in [-0.4, -0.2) is 8.96 Å². The molecule has 38 valence electrons. The third-order valence-electron chi connectivity index (χ3n) is 1.05. The molecule has 0 saturated heterocycles. The van der Waals surface area contributed by atoms with Crippen molar-refractivity contribution in [3.8, 4) is 0 Å². The summed E-state index contributed by atoms with van der Waals surface area (Å²) in [5, 5.41) is 5.61. The van der Waals surface area contributed by atoms with Gasteiger partial charge in [-0.1, -0.05) is 25.9 Å². The first-order valence-electron chi connectivity index (χ1n) is 2.56. The molecule has 0 heterocycles. The van der Waals surface area contributed by atoms with Crippen LogP contribution in [0.4, 0.5) is 0 Å². The van der Waals surface area contributed by atoms with Crippen molar-refractivity contribution in [3.63, 3.8) is 0 Å². The van der Waals surface area contributed by atoms with E-state index in [1.165, 1.54) is 12.1 Å². The van der Waals surface area contributed by atoms with Crippen LogP contribution in [0.15, 0.2) is 0 Å². The predicted octanol–water partition coefficient (Wildman–Crippen LogP) is 0.709. The lowest BCUT2D eigenvalue weighted by Crippen LogP contribution is -2.21. The second-order valence-corrected chi connectivity index (χ2v) is 4.73. The van der Waals surface area contributed by atoms with Crippen LogP contribution in [0.1, 0.15) is 13.8 Å². The molecule has 0 saturated carbocycles. The highest BCUT2D eigenvalue weighted by Crippen LogP contribution is 1.86. The number of nitrogens with two attached hydrogens (primary N) is 1. The van der Waals surface area contributed by atoms with E-state index in [1.807, 2.05) is 0 Å². The Balaban J connectivity index is 2.75. The minimum Gasteiger partial charge on any atom is -0.353 e. The van der Waals surface area contributed by atoms with Crippen LogP contribution in [0.5, 0.6) is 0 Å². The van der Waals surface area contributed by atoms with E-state index < -0.39 is 8.96 Å². The van der Waals surface area contributed by atoms with E-state index in [0.717, 1.165) is 0 Å². The summed E-state index contributed by atoms with van der Waals surface area (Å²) in [4.78, 5) is 0. The standard InChI is InChI=1S/C4H13NSi/c1-3-6(5)4-2/h6H,3-5H2,1-2H3. The highest BCUT2D eigenvalue weighted by Gasteiger charge is 1.92. The Morgan fingerprint density at radius 1 is 1.33 bits per heavy atom. The quantitative estimate of drug-likeness (QED) is 0.512. The first kappa shape index (κ1) is 6.18. The normalized spacial score (nSPS) is 10.0. The van der Waals surface area contributed by atoms with Gasteiger partial charge in [0.2, 0.25) is 0 Å². The Hall–Kier alpha value is 0.177. The number of hydrogen-bond donors (Lipinski definition) is 1. The van der Waals surface area contributed by atoms with Crippen molar-refractivity contribution in [1.29, 1.82) is 0 Å². The Morgan fingerprint density at radius 2 is 1.67 bits per heavy atom. The molecule has 0 rings (SSSR count). The van der Waals surface area contributed by atoms with Gasteiger partial charge in [-0.25, -0.2) is 0 Å². The van der Waals surface area contributed by atoms with Gasteiger partial charge in [0.05, 0.1) is 0 Å². The minimum absolute atomic E-state index is 0.660. The molecule has 2 heteroatoms. The maximum Gasteiger partial charge on any atom is 0.105 e. The van der Waals surface area contributed by atoms with Crippen LogP contribution >= 0.6 is 0 Å². The van der Waals surface area contributed by atoms with E-state index >= 15 is 0 Å². The molecule has 1 nitrogen and oxygen atoms in total. The average molecular weight is 103 g/mol. The van der Waals surface area contributed by atoms with Gasteiger partial charge in [0.15, 0.2) is 0 Å². The number of rotatable bonds is 2. The van der Waals surface area contributed by atoms with Gasteiger partial charge in [0.1, 0.15) is 8.96 Å². The summed E-state index contributed by atoms with van der Waals surface area (Å²) >= 11 is 0. The van der Waals surface area contributed by atoms with E-state index in [1.54, 1.807) is 0 Å². The Morgan fingerprint density at radius 3 is 1.67 bits per heavy atom. The van der Waals surface area contributed by atoms with E-state index in [0.29, 0.717) is 0 Å². The zero-order valence-corrected chi connectivity index (χ0v) is 5.72. The maximum absolute atomic E-state index is 5.61. The maximum atomic E-state index is 5.61. The smallest absolute Gasteiger partial charge is 0.105 e. The summed E-state index contributed by atoms with van der Waals surface area (Å²) in [6, 6.07) is 2.49. The highest BCUT2D eigenvalue weighted by atomic mass is 28.3.